The van der Waals surface area contributed by atoms with Gasteiger partial charge < -0.3 is 9.47 Å². The zero-order valence-corrected chi connectivity index (χ0v) is 14.7. The molecule has 5 heteroatoms. The van der Waals surface area contributed by atoms with Gasteiger partial charge in [-0.3, -0.25) is 9.69 Å². The van der Waals surface area contributed by atoms with Gasteiger partial charge in [0.1, 0.15) is 11.6 Å². The minimum absolute atomic E-state index is 0.0595. The van der Waals surface area contributed by atoms with Crippen LogP contribution in [0.2, 0.25) is 0 Å². The van der Waals surface area contributed by atoms with Crippen molar-refractivity contribution in [1.82, 2.24) is 4.90 Å². The lowest BCUT2D eigenvalue weighted by Gasteiger charge is -2.34. The van der Waals surface area contributed by atoms with Crippen molar-refractivity contribution in [2.24, 2.45) is 5.41 Å². The number of carbonyl (C=O) groups excluding carboxylic acids is 1. The largest absolute Gasteiger partial charge is 0.496 e. The zero-order chi connectivity index (χ0) is 17.3. The van der Waals surface area contributed by atoms with Gasteiger partial charge in [-0.05, 0) is 38.7 Å². The number of halogens is 1. The standard InChI is InChI=1S/C19H26FNO3/c1-4-19(18(22)24-5-2)11-15-8-9-17(19)21(15)12-13-6-7-14(20)10-16(13)23-3/h6-7,10,15,17H,4-5,8-9,11-12H2,1-3H3/t15-,17+,19+/m0/s1. The summed E-state index contributed by atoms with van der Waals surface area (Å²) in [5.74, 6) is 0.213. The van der Waals surface area contributed by atoms with Crippen LogP contribution in [0.4, 0.5) is 4.39 Å². The highest BCUT2D eigenvalue weighted by Gasteiger charge is 2.59. The fourth-order valence-electron chi connectivity index (χ4n) is 4.61. The van der Waals surface area contributed by atoms with Crippen LogP contribution in [0.3, 0.4) is 0 Å². The van der Waals surface area contributed by atoms with Gasteiger partial charge in [0.25, 0.3) is 0 Å². The number of methoxy groups -OCH3 is 1. The highest BCUT2D eigenvalue weighted by atomic mass is 19.1. The van der Waals surface area contributed by atoms with Crippen LogP contribution < -0.4 is 4.74 Å². The van der Waals surface area contributed by atoms with E-state index in [9.17, 15) is 9.18 Å². The number of carbonyl (C=O) groups is 1. The summed E-state index contributed by atoms with van der Waals surface area (Å²) in [5.41, 5.74) is 0.568. The molecule has 0 aromatic heterocycles. The van der Waals surface area contributed by atoms with Gasteiger partial charge in [0.15, 0.2) is 0 Å². The van der Waals surface area contributed by atoms with Gasteiger partial charge >= 0.3 is 5.97 Å². The van der Waals surface area contributed by atoms with Gasteiger partial charge in [-0.1, -0.05) is 13.0 Å². The molecular formula is C19H26FNO3. The number of benzene rings is 1. The first-order valence-corrected chi connectivity index (χ1v) is 8.81. The molecule has 0 radical (unpaired) electrons. The highest BCUT2D eigenvalue weighted by Crippen LogP contribution is 2.53. The van der Waals surface area contributed by atoms with Crippen molar-refractivity contribution in [1.29, 1.82) is 0 Å². The molecule has 2 aliphatic heterocycles. The van der Waals surface area contributed by atoms with Crippen LogP contribution in [0.25, 0.3) is 0 Å². The summed E-state index contributed by atoms with van der Waals surface area (Å²) >= 11 is 0. The third kappa shape index (κ3) is 2.69. The third-order valence-electron chi connectivity index (χ3n) is 5.80. The molecule has 0 spiro atoms. The molecule has 0 aliphatic carbocycles. The number of ether oxygens (including phenoxy) is 2. The number of fused-ring (bicyclic) bond motifs is 2. The first-order chi connectivity index (χ1) is 11.6. The molecule has 3 rings (SSSR count). The summed E-state index contributed by atoms with van der Waals surface area (Å²) in [6, 6.07) is 5.25. The fraction of sp³-hybridized carbons (Fsp3) is 0.632. The van der Waals surface area contributed by atoms with E-state index in [1.807, 2.05) is 6.92 Å². The third-order valence-corrected chi connectivity index (χ3v) is 5.80. The maximum absolute atomic E-state index is 13.4. The quantitative estimate of drug-likeness (QED) is 0.746. The average molecular weight is 335 g/mol. The van der Waals surface area contributed by atoms with Gasteiger partial charge in [0.05, 0.1) is 19.1 Å². The van der Waals surface area contributed by atoms with Crippen LogP contribution in [0, 0.1) is 11.2 Å². The second-order valence-electron chi connectivity index (χ2n) is 6.81. The van der Waals surface area contributed by atoms with Crippen LogP contribution in [-0.4, -0.2) is 36.7 Å². The van der Waals surface area contributed by atoms with Gasteiger partial charge in [0.2, 0.25) is 0 Å². The van der Waals surface area contributed by atoms with Crippen molar-refractivity contribution in [3.05, 3.63) is 29.6 Å². The number of hydrogen-bond donors (Lipinski definition) is 0. The van der Waals surface area contributed by atoms with Crippen molar-refractivity contribution in [2.75, 3.05) is 13.7 Å². The summed E-state index contributed by atoms with van der Waals surface area (Å²) in [6.07, 6.45) is 3.77. The van der Waals surface area contributed by atoms with Crippen molar-refractivity contribution >= 4 is 5.97 Å². The number of rotatable bonds is 6. The zero-order valence-electron chi connectivity index (χ0n) is 14.7. The summed E-state index contributed by atoms with van der Waals surface area (Å²) < 4.78 is 24.2. The van der Waals surface area contributed by atoms with Gasteiger partial charge in [-0.25, -0.2) is 4.39 Å². The molecule has 4 nitrogen and oxygen atoms in total. The number of esters is 1. The van der Waals surface area contributed by atoms with E-state index in [0.29, 0.717) is 24.9 Å². The van der Waals surface area contributed by atoms with E-state index in [1.54, 1.807) is 13.2 Å². The summed E-state index contributed by atoms with van der Waals surface area (Å²) in [4.78, 5) is 15.0. The van der Waals surface area contributed by atoms with E-state index in [1.165, 1.54) is 12.1 Å². The molecule has 0 unspecified atom stereocenters. The molecule has 2 fully saturated rings. The molecule has 1 aromatic carbocycles. The van der Waals surface area contributed by atoms with Crippen molar-refractivity contribution in [3.63, 3.8) is 0 Å². The molecular weight excluding hydrogens is 309 g/mol. The summed E-state index contributed by atoms with van der Waals surface area (Å²) in [6.45, 7) is 5.04. The minimum atomic E-state index is -0.397. The van der Waals surface area contributed by atoms with Crippen LogP contribution in [-0.2, 0) is 16.1 Å². The van der Waals surface area contributed by atoms with E-state index < -0.39 is 5.41 Å². The lowest BCUT2D eigenvalue weighted by molar-refractivity contribution is -0.157. The molecule has 24 heavy (non-hydrogen) atoms. The molecule has 1 aromatic rings. The van der Waals surface area contributed by atoms with E-state index in [-0.39, 0.29) is 17.8 Å². The lowest BCUT2D eigenvalue weighted by Crippen LogP contribution is -2.44. The highest BCUT2D eigenvalue weighted by molar-refractivity contribution is 5.78. The molecule has 2 heterocycles. The van der Waals surface area contributed by atoms with E-state index in [0.717, 1.165) is 31.2 Å². The maximum atomic E-state index is 13.4. The SMILES string of the molecule is CCOC(=O)[C@]1(CC)C[C@@H]2CC[C@H]1N2Cc1ccc(F)cc1OC. The van der Waals surface area contributed by atoms with Crippen LogP contribution in [0.15, 0.2) is 18.2 Å². The topological polar surface area (TPSA) is 38.8 Å². The predicted molar refractivity (Wildman–Crippen MR) is 89.3 cm³/mol. The van der Waals surface area contributed by atoms with Gasteiger partial charge in [-0.15, -0.1) is 0 Å². The molecule has 0 N–H and O–H groups in total. The molecule has 132 valence electrons. The predicted octanol–water partition coefficient (Wildman–Crippen LogP) is 3.53. The number of nitrogens with zero attached hydrogens (tertiary/aromatic N) is 1. The monoisotopic (exact) mass is 335 g/mol. The Morgan fingerprint density at radius 3 is 2.83 bits per heavy atom. The van der Waals surface area contributed by atoms with E-state index in [2.05, 4.69) is 11.8 Å². The van der Waals surface area contributed by atoms with E-state index in [4.69, 9.17) is 9.47 Å². The fourth-order valence-corrected chi connectivity index (χ4v) is 4.61. The average Bonchev–Trinajstić information content (AvgIpc) is 3.11. The molecule has 2 saturated heterocycles. The first kappa shape index (κ1) is 17.2. The van der Waals surface area contributed by atoms with Crippen molar-refractivity contribution in [3.8, 4) is 5.75 Å². The molecule has 0 amide bonds. The Morgan fingerprint density at radius 2 is 2.17 bits per heavy atom. The summed E-state index contributed by atoms with van der Waals surface area (Å²) in [7, 11) is 1.56. The van der Waals surface area contributed by atoms with E-state index >= 15 is 0 Å². The smallest absolute Gasteiger partial charge is 0.313 e. The van der Waals surface area contributed by atoms with Crippen molar-refractivity contribution in [2.45, 2.75) is 58.2 Å². The Morgan fingerprint density at radius 1 is 1.38 bits per heavy atom. The van der Waals surface area contributed by atoms with Gasteiger partial charge in [0, 0.05) is 30.3 Å². The maximum Gasteiger partial charge on any atom is 0.313 e. The molecule has 2 bridgehead atoms. The van der Waals surface area contributed by atoms with Crippen LogP contribution in [0.1, 0.15) is 45.1 Å². The van der Waals surface area contributed by atoms with Crippen LogP contribution >= 0.6 is 0 Å². The first-order valence-electron chi connectivity index (χ1n) is 8.81. The summed E-state index contributed by atoms with van der Waals surface area (Å²) in [5, 5.41) is 0. The Kier molecular flexibility index (Phi) is 4.81. The normalized spacial score (nSPS) is 29.0. The Bertz CT molecular complexity index is 621. The number of hydrogen-bond acceptors (Lipinski definition) is 4. The Hall–Kier alpha value is -1.62. The lowest BCUT2D eigenvalue weighted by atomic mass is 9.72. The minimum Gasteiger partial charge on any atom is -0.496 e. The second-order valence-corrected chi connectivity index (χ2v) is 6.81. The van der Waals surface area contributed by atoms with Crippen LogP contribution in [0.5, 0.6) is 5.75 Å². The molecule has 2 aliphatic rings. The van der Waals surface area contributed by atoms with Crippen molar-refractivity contribution < 1.29 is 18.7 Å². The molecule has 3 atom stereocenters. The Labute approximate surface area is 142 Å². The molecule has 0 saturated carbocycles. The Balaban J connectivity index is 1.85. The second kappa shape index (κ2) is 6.71. The van der Waals surface area contributed by atoms with Gasteiger partial charge in [-0.2, -0.15) is 0 Å².